The Morgan fingerprint density at radius 3 is 2.46 bits per heavy atom. The topological polar surface area (TPSA) is 72.0 Å². The molecule has 4 aromatic rings. The fourth-order valence-corrected chi connectivity index (χ4v) is 3.02. The summed E-state index contributed by atoms with van der Waals surface area (Å²) in [7, 11) is 1.29. The molecule has 0 aliphatic rings. The van der Waals surface area contributed by atoms with Crippen molar-refractivity contribution in [3.05, 3.63) is 76.3 Å². The highest BCUT2D eigenvalue weighted by molar-refractivity contribution is 6.14. The molecule has 26 heavy (non-hydrogen) atoms. The van der Waals surface area contributed by atoms with Crippen LogP contribution in [-0.4, -0.2) is 23.0 Å². The van der Waals surface area contributed by atoms with Crippen LogP contribution in [0.3, 0.4) is 0 Å². The van der Waals surface area contributed by atoms with E-state index in [2.05, 4.69) is 9.97 Å². The number of nitrogens with zero attached hydrogens (tertiary/aromatic N) is 1. The van der Waals surface area contributed by atoms with Gasteiger partial charge in [-0.3, -0.25) is 4.79 Å². The van der Waals surface area contributed by atoms with Crippen molar-refractivity contribution in [2.24, 2.45) is 0 Å². The lowest BCUT2D eigenvalue weighted by atomic mass is 10.0. The molecule has 2 heterocycles. The average Bonchev–Trinajstić information content (AvgIpc) is 2.67. The lowest BCUT2D eigenvalue weighted by Crippen LogP contribution is -2.11. The molecule has 0 amide bonds. The number of methoxy groups -OCH3 is 1. The number of aromatic nitrogens is 2. The molecule has 0 fully saturated rings. The Kier molecular flexibility index (Phi) is 3.73. The number of carbonyl (C=O) groups is 1. The molecule has 0 atom stereocenters. The molecule has 4 rings (SSSR count). The molecule has 0 saturated carbocycles. The van der Waals surface area contributed by atoms with Gasteiger partial charge in [0.1, 0.15) is 11.5 Å². The van der Waals surface area contributed by atoms with Gasteiger partial charge in [-0.25, -0.2) is 14.2 Å². The van der Waals surface area contributed by atoms with Crippen molar-refractivity contribution in [2.75, 3.05) is 7.11 Å². The highest BCUT2D eigenvalue weighted by Gasteiger charge is 2.18. The van der Waals surface area contributed by atoms with E-state index in [1.807, 2.05) is 0 Å². The molecule has 2 aromatic heterocycles. The normalized spacial score (nSPS) is 11.0. The molecule has 2 aromatic carbocycles. The van der Waals surface area contributed by atoms with E-state index in [-0.39, 0.29) is 22.6 Å². The number of hydrogen-bond donors (Lipinski definition) is 1. The SMILES string of the molecule is COC(=O)c1cc(-c2ccc(F)cc2)nc2[nH]c(=O)c3ccccc3c12. The molecular weight excluding hydrogens is 335 g/mol. The fraction of sp³-hybridized carbons (Fsp3) is 0.0500. The van der Waals surface area contributed by atoms with Crippen molar-refractivity contribution in [3.8, 4) is 11.3 Å². The summed E-state index contributed by atoms with van der Waals surface area (Å²) in [6.07, 6.45) is 0. The maximum atomic E-state index is 13.2. The first-order chi connectivity index (χ1) is 12.6. The van der Waals surface area contributed by atoms with Crippen LogP contribution in [0.1, 0.15) is 10.4 Å². The standard InChI is InChI=1S/C20H13FN2O3/c1-26-20(25)15-10-16(11-6-8-12(21)9-7-11)22-18-17(15)13-4-2-3-5-14(13)19(24)23-18/h2-10H,1H3,(H,22,23,24). The maximum absolute atomic E-state index is 13.2. The Morgan fingerprint density at radius 2 is 1.77 bits per heavy atom. The predicted octanol–water partition coefficient (Wildman–Crippen LogP) is 3.67. The molecule has 0 radical (unpaired) electrons. The maximum Gasteiger partial charge on any atom is 0.338 e. The number of H-pyrrole nitrogens is 1. The highest BCUT2D eigenvalue weighted by atomic mass is 19.1. The van der Waals surface area contributed by atoms with Crippen LogP contribution in [0.4, 0.5) is 4.39 Å². The monoisotopic (exact) mass is 348 g/mol. The summed E-state index contributed by atoms with van der Waals surface area (Å²) in [5, 5.41) is 1.59. The van der Waals surface area contributed by atoms with Gasteiger partial charge in [-0.15, -0.1) is 0 Å². The number of aromatic amines is 1. The number of hydrogen-bond acceptors (Lipinski definition) is 4. The highest BCUT2D eigenvalue weighted by Crippen LogP contribution is 2.28. The Balaban J connectivity index is 2.13. The zero-order valence-corrected chi connectivity index (χ0v) is 13.7. The van der Waals surface area contributed by atoms with Crippen molar-refractivity contribution >= 4 is 27.8 Å². The Morgan fingerprint density at radius 1 is 1.08 bits per heavy atom. The Hall–Kier alpha value is -3.54. The minimum absolute atomic E-state index is 0.274. The molecule has 0 aliphatic carbocycles. The molecule has 0 unspecified atom stereocenters. The van der Waals surface area contributed by atoms with Crippen LogP contribution < -0.4 is 5.56 Å². The van der Waals surface area contributed by atoms with Crippen LogP contribution in [-0.2, 0) is 4.74 Å². The number of halogens is 1. The van der Waals surface area contributed by atoms with Crippen LogP contribution in [0.15, 0.2) is 59.4 Å². The lowest BCUT2D eigenvalue weighted by molar-refractivity contribution is 0.0603. The third kappa shape index (κ3) is 2.52. The van der Waals surface area contributed by atoms with Gasteiger partial charge in [-0.2, -0.15) is 0 Å². The second kappa shape index (κ2) is 6.07. The second-order valence-corrected chi connectivity index (χ2v) is 5.78. The molecule has 128 valence electrons. The first-order valence-electron chi connectivity index (χ1n) is 7.88. The molecule has 5 nitrogen and oxygen atoms in total. The van der Waals surface area contributed by atoms with Gasteiger partial charge >= 0.3 is 5.97 Å². The average molecular weight is 348 g/mol. The third-order valence-electron chi connectivity index (χ3n) is 4.24. The molecule has 0 spiro atoms. The van der Waals surface area contributed by atoms with Crippen molar-refractivity contribution < 1.29 is 13.9 Å². The molecule has 0 bridgehead atoms. The summed E-state index contributed by atoms with van der Waals surface area (Å²) in [6.45, 7) is 0. The number of ether oxygens (including phenoxy) is 1. The zero-order chi connectivity index (χ0) is 18.3. The third-order valence-corrected chi connectivity index (χ3v) is 4.24. The first-order valence-corrected chi connectivity index (χ1v) is 7.88. The summed E-state index contributed by atoms with van der Waals surface area (Å²) in [6, 6.07) is 14.3. The number of fused-ring (bicyclic) bond motifs is 3. The molecular formula is C20H13FN2O3. The minimum atomic E-state index is -0.544. The fourth-order valence-electron chi connectivity index (χ4n) is 3.02. The van der Waals surface area contributed by atoms with Gasteiger partial charge in [-0.05, 0) is 41.8 Å². The summed E-state index contributed by atoms with van der Waals surface area (Å²) >= 11 is 0. The Bertz CT molecular complexity index is 1210. The summed E-state index contributed by atoms with van der Waals surface area (Å²) in [5.74, 6) is -0.917. The molecule has 6 heteroatoms. The van der Waals surface area contributed by atoms with Gasteiger partial charge in [0.15, 0.2) is 0 Å². The minimum Gasteiger partial charge on any atom is -0.465 e. The van der Waals surface area contributed by atoms with Crippen molar-refractivity contribution in [2.45, 2.75) is 0 Å². The Labute approximate surface area is 147 Å². The lowest BCUT2D eigenvalue weighted by Gasteiger charge is -2.11. The van der Waals surface area contributed by atoms with E-state index in [0.29, 0.717) is 27.4 Å². The molecule has 1 N–H and O–H groups in total. The number of rotatable bonds is 2. The number of benzene rings is 2. The van der Waals surface area contributed by atoms with Crippen molar-refractivity contribution in [1.29, 1.82) is 0 Å². The quantitative estimate of drug-likeness (QED) is 0.443. The van der Waals surface area contributed by atoms with Gasteiger partial charge in [0.25, 0.3) is 5.56 Å². The van der Waals surface area contributed by atoms with Gasteiger partial charge in [0.05, 0.1) is 18.4 Å². The number of carbonyl (C=O) groups excluding carboxylic acids is 1. The largest absolute Gasteiger partial charge is 0.465 e. The van der Waals surface area contributed by atoms with Gasteiger partial charge in [0, 0.05) is 16.3 Å². The van der Waals surface area contributed by atoms with E-state index in [1.54, 1.807) is 42.5 Å². The zero-order valence-electron chi connectivity index (χ0n) is 13.7. The van der Waals surface area contributed by atoms with Crippen molar-refractivity contribution in [3.63, 3.8) is 0 Å². The predicted molar refractivity (Wildman–Crippen MR) is 96.6 cm³/mol. The van der Waals surface area contributed by atoms with E-state index in [1.165, 1.54) is 19.2 Å². The molecule has 0 aliphatic heterocycles. The van der Waals surface area contributed by atoms with Gasteiger partial charge in [-0.1, -0.05) is 18.2 Å². The molecule has 0 saturated heterocycles. The van der Waals surface area contributed by atoms with E-state index in [4.69, 9.17) is 4.74 Å². The summed E-state index contributed by atoms with van der Waals surface area (Å²) in [4.78, 5) is 32.0. The van der Waals surface area contributed by atoms with Crippen LogP contribution in [0.2, 0.25) is 0 Å². The first kappa shape index (κ1) is 16.0. The van der Waals surface area contributed by atoms with Gasteiger partial charge in [0.2, 0.25) is 0 Å². The van der Waals surface area contributed by atoms with Crippen LogP contribution in [0.25, 0.3) is 33.1 Å². The number of nitrogens with one attached hydrogen (secondary N) is 1. The summed E-state index contributed by atoms with van der Waals surface area (Å²) in [5.41, 5.74) is 1.31. The van der Waals surface area contributed by atoms with Crippen LogP contribution in [0.5, 0.6) is 0 Å². The van der Waals surface area contributed by atoms with E-state index in [0.717, 1.165) is 0 Å². The summed E-state index contributed by atoms with van der Waals surface area (Å²) < 4.78 is 18.1. The van der Waals surface area contributed by atoms with E-state index < -0.39 is 5.97 Å². The van der Waals surface area contributed by atoms with Crippen LogP contribution in [0, 0.1) is 5.82 Å². The number of esters is 1. The second-order valence-electron chi connectivity index (χ2n) is 5.78. The number of pyridine rings is 2. The van der Waals surface area contributed by atoms with E-state index >= 15 is 0 Å². The van der Waals surface area contributed by atoms with E-state index in [9.17, 15) is 14.0 Å². The smallest absolute Gasteiger partial charge is 0.338 e. The van der Waals surface area contributed by atoms with Crippen LogP contribution >= 0.6 is 0 Å². The van der Waals surface area contributed by atoms with Gasteiger partial charge < -0.3 is 9.72 Å². The van der Waals surface area contributed by atoms with Crippen molar-refractivity contribution in [1.82, 2.24) is 9.97 Å².